The number of hydrogen-bond donors (Lipinski definition) is 1. The summed E-state index contributed by atoms with van der Waals surface area (Å²) < 4.78 is 28.8. The summed E-state index contributed by atoms with van der Waals surface area (Å²) in [5.41, 5.74) is 3.44. The number of methoxy groups -OCH3 is 1. The van der Waals surface area contributed by atoms with Gasteiger partial charge in [0, 0.05) is 17.8 Å². The molecule has 0 atom stereocenters. The maximum atomic E-state index is 13.0. The van der Waals surface area contributed by atoms with Gasteiger partial charge in [-0.1, -0.05) is 0 Å². The van der Waals surface area contributed by atoms with Crippen LogP contribution in [0.5, 0.6) is 5.75 Å². The molecule has 0 bridgehead atoms. The molecule has 2 aromatic rings. The third kappa shape index (κ3) is 3.12. The van der Waals surface area contributed by atoms with Crippen LogP contribution in [-0.2, 0) is 16.4 Å². The Balaban J connectivity index is 2.03. The molecule has 0 aromatic heterocycles. The molecule has 1 aliphatic rings. The number of nitrogens with zero attached hydrogens (tertiary/aromatic N) is 1. The zero-order valence-electron chi connectivity index (χ0n) is 14.4. The molecular weight excluding hydrogens is 340 g/mol. The number of amides is 1. The average molecular weight is 360 g/mol. The molecule has 2 N–H and O–H groups in total. The molecule has 0 radical (unpaired) electrons. The zero-order chi connectivity index (χ0) is 18.4. The molecule has 1 heterocycles. The Morgan fingerprint density at radius 1 is 1.20 bits per heavy atom. The summed E-state index contributed by atoms with van der Waals surface area (Å²) in [6, 6.07) is 8.63. The van der Waals surface area contributed by atoms with Crippen LogP contribution < -0.4 is 14.8 Å². The topological polar surface area (TPSA) is 89.7 Å². The van der Waals surface area contributed by atoms with E-state index in [1.165, 1.54) is 6.07 Å². The highest BCUT2D eigenvalue weighted by atomic mass is 32.2. The van der Waals surface area contributed by atoms with Crippen LogP contribution in [0.4, 0.5) is 5.69 Å². The van der Waals surface area contributed by atoms with E-state index in [2.05, 4.69) is 0 Å². The second-order valence-electron chi connectivity index (χ2n) is 6.16. The Labute approximate surface area is 147 Å². The molecule has 0 spiro atoms. The SMILES string of the molecule is COc1ccc2c(c1)CCN2C(=O)c1cc(C)c(C)c(S(N)(=O)=O)c1. The van der Waals surface area contributed by atoms with Gasteiger partial charge in [0.1, 0.15) is 5.75 Å². The third-order valence-corrected chi connectivity index (χ3v) is 5.64. The van der Waals surface area contributed by atoms with Gasteiger partial charge in [-0.3, -0.25) is 4.79 Å². The number of carbonyl (C=O) groups is 1. The molecule has 132 valence electrons. The van der Waals surface area contributed by atoms with Crippen molar-refractivity contribution >= 4 is 21.6 Å². The fraction of sp³-hybridized carbons (Fsp3) is 0.278. The lowest BCUT2D eigenvalue weighted by atomic mass is 10.1. The number of benzene rings is 2. The number of primary sulfonamides is 1. The van der Waals surface area contributed by atoms with Gasteiger partial charge in [-0.2, -0.15) is 0 Å². The Bertz CT molecular complexity index is 967. The molecule has 0 aliphatic carbocycles. The standard InChI is InChI=1S/C18H20N2O4S/c1-11-8-14(10-17(12(11)2)25(19,22)23)18(21)20-7-6-13-9-15(24-3)4-5-16(13)20/h4-5,8-10H,6-7H2,1-3H3,(H2,19,22,23). The number of carbonyl (C=O) groups excluding carboxylic acids is 1. The minimum absolute atomic E-state index is 0.00926. The van der Waals surface area contributed by atoms with Crippen molar-refractivity contribution in [2.75, 3.05) is 18.6 Å². The first kappa shape index (κ1) is 17.4. The normalized spacial score (nSPS) is 13.7. The minimum atomic E-state index is -3.89. The van der Waals surface area contributed by atoms with Crippen LogP contribution in [0.15, 0.2) is 35.2 Å². The van der Waals surface area contributed by atoms with Crippen LogP contribution >= 0.6 is 0 Å². The monoisotopic (exact) mass is 360 g/mol. The third-order valence-electron chi connectivity index (χ3n) is 4.60. The summed E-state index contributed by atoms with van der Waals surface area (Å²) in [4.78, 5) is 14.6. The van der Waals surface area contributed by atoms with E-state index in [4.69, 9.17) is 9.88 Å². The minimum Gasteiger partial charge on any atom is -0.497 e. The first-order chi connectivity index (χ1) is 11.7. The molecule has 1 aliphatic heterocycles. The lowest BCUT2D eigenvalue weighted by Crippen LogP contribution is -2.29. The van der Waals surface area contributed by atoms with Crippen LogP contribution in [0.2, 0.25) is 0 Å². The number of aryl methyl sites for hydroxylation is 1. The maximum absolute atomic E-state index is 13.0. The van der Waals surface area contributed by atoms with Gasteiger partial charge in [-0.05, 0) is 67.3 Å². The molecule has 2 aromatic carbocycles. The average Bonchev–Trinajstić information content (AvgIpc) is 2.98. The van der Waals surface area contributed by atoms with Crippen molar-refractivity contribution < 1.29 is 17.9 Å². The van der Waals surface area contributed by atoms with Gasteiger partial charge >= 0.3 is 0 Å². The van der Waals surface area contributed by atoms with E-state index in [1.54, 1.807) is 38.0 Å². The molecule has 0 unspecified atom stereocenters. The van der Waals surface area contributed by atoms with Gasteiger partial charge in [0.05, 0.1) is 12.0 Å². The van der Waals surface area contributed by atoms with Crippen molar-refractivity contribution in [1.29, 1.82) is 0 Å². The van der Waals surface area contributed by atoms with Crippen LogP contribution in [0.3, 0.4) is 0 Å². The van der Waals surface area contributed by atoms with E-state index in [-0.39, 0.29) is 10.8 Å². The number of ether oxygens (including phenoxy) is 1. The van der Waals surface area contributed by atoms with Crippen LogP contribution in [0.1, 0.15) is 27.0 Å². The predicted octanol–water partition coefficient (Wildman–Crippen LogP) is 2.16. The van der Waals surface area contributed by atoms with E-state index < -0.39 is 10.0 Å². The van der Waals surface area contributed by atoms with E-state index in [9.17, 15) is 13.2 Å². The van der Waals surface area contributed by atoms with Gasteiger partial charge < -0.3 is 9.64 Å². The number of anilines is 1. The molecule has 1 amide bonds. The zero-order valence-corrected chi connectivity index (χ0v) is 15.2. The Hall–Kier alpha value is -2.38. The highest BCUT2D eigenvalue weighted by Gasteiger charge is 2.27. The van der Waals surface area contributed by atoms with Crippen molar-refractivity contribution in [1.82, 2.24) is 0 Å². The summed E-state index contributed by atoms with van der Waals surface area (Å²) in [6.07, 6.45) is 0.727. The van der Waals surface area contributed by atoms with Crippen LogP contribution in [0, 0.1) is 13.8 Å². The van der Waals surface area contributed by atoms with E-state index in [0.29, 0.717) is 23.2 Å². The van der Waals surface area contributed by atoms with Crippen molar-refractivity contribution in [2.24, 2.45) is 5.14 Å². The Morgan fingerprint density at radius 2 is 1.92 bits per heavy atom. The summed E-state index contributed by atoms with van der Waals surface area (Å²) in [5, 5.41) is 5.29. The van der Waals surface area contributed by atoms with Crippen molar-refractivity contribution in [2.45, 2.75) is 25.2 Å². The molecule has 0 saturated heterocycles. The lowest BCUT2D eigenvalue weighted by molar-refractivity contribution is 0.0989. The number of hydrogen-bond acceptors (Lipinski definition) is 4. The van der Waals surface area contributed by atoms with Crippen molar-refractivity contribution in [3.8, 4) is 5.75 Å². The summed E-state index contributed by atoms with van der Waals surface area (Å²) in [5.74, 6) is 0.507. The molecular formula is C18H20N2O4S. The molecule has 3 rings (SSSR count). The molecule has 0 fully saturated rings. The molecule has 25 heavy (non-hydrogen) atoms. The van der Waals surface area contributed by atoms with Crippen LogP contribution in [0.25, 0.3) is 0 Å². The van der Waals surface area contributed by atoms with Gasteiger partial charge in [0.2, 0.25) is 10.0 Å². The lowest BCUT2D eigenvalue weighted by Gasteiger charge is -2.19. The number of fused-ring (bicyclic) bond motifs is 1. The Morgan fingerprint density at radius 3 is 2.56 bits per heavy atom. The highest BCUT2D eigenvalue weighted by Crippen LogP contribution is 2.33. The molecule has 7 heteroatoms. The van der Waals surface area contributed by atoms with Crippen molar-refractivity contribution in [3.05, 3.63) is 52.6 Å². The molecule has 6 nitrogen and oxygen atoms in total. The van der Waals surface area contributed by atoms with Gasteiger partial charge in [-0.25, -0.2) is 13.6 Å². The van der Waals surface area contributed by atoms with Crippen molar-refractivity contribution in [3.63, 3.8) is 0 Å². The predicted molar refractivity (Wildman–Crippen MR) is 95.7 cm³/mol. The number of nitrogens with two attached hydrogens (primary N) is 1. The smallest absolute Gasteiger partial charge is 0.258 e. The second kappa shape index (κ2) is 6.16. The summed E-state index contributed by atoms with van der Waals surface area (Å²) in [7, 11) is -2.29. The van der Waals surface area contributed by atoms with Gasteiger partial charge in [0.25, 0.3) is 5.91 Å². The number of sulfonamides is 1. The number of rotatable bonds is 3. The summed E-state index contributed by atoms with van der Waals surface area (Å²) in [6.45, 7) is 3.99. The summed E-state index contributed by atoms with van der Waals surface area (Å²) >= 11 is 0. The van der Waals surface area contributed by atoms with E-state index in [1.807, 2.05) is 12.1 Å². The highest BCUT2D eigenvalue weighted by molar-refractivity contribution is 7.89. The van der Waals surface area contributed by atoms with Crippen LogP contribution in [-0.4, -0.2) is 28.0 Å². The Kier molecular flexibility index (Phi) is 4.30. The first-order valence-electron chi connectivity index (χ1n) is 7.85. The van der Waals surface area contributed by atoms with E-state index >= 15 is 0 Å². The fourth-order valence-electron chi connectivity index (χ4n) is 3.12. The fourth-order valence-corrected chi connectivity index (χ4v) is 4.00. The quantitative estimate of drug-likeness (QED) is 0.908. The van der Waals surface area contributed by atoms with E-state index in [0.717, 1.165) is 23.4 Å². The van der Waals surface area contributed by atoms with Gasteiger partial charge in [-0.15, -0.1) is 0 Å². The van der Waals surface area contributed by atoms with Gasteiger partial charge in [0.15, 0.2) is 0 Å². The first-order valence-corrected chi connectivity index (χ1v) is 9.40. The maximum Gasteiger partial charge on any atom is 0.258 e. The molecule has 0 saturated carbocycles. The largest absolute Gasteiger partial charge is 0.497 e. The second-order valence-corrected chi connectivity index (χ2v) is 7.69.